The number of carbonyl (C=O) groups excluding carboxylic acids is 1. The van der Waals surface area contributed by atoms with E-state index in [1.165, 1.54) is 0 Å². The molecule has 1 amide bonds. The van der Waals surface area contributed by atoms with Crippen LogP contribution in [0.2, 0.25) is 0 Å². The summed E-state index contributed by atoms with van der Waals surface area (Å²) in [7, 11) is 1.89. The summed E-state index contributed by atoms with van der Waals surface area (Å²) in [5.41, 5.74) is 3.75. The van der Waals surface area contributed by atoms with Crippen molar-refractivity contribution in [3.05, 3.63) is 53.0 Å². The highest BCUT2D eigenvalue weighted by Crippen LogP contribution is 2.23. The molecule has 0 spiro atoms. The van der Waals surface area contributed by atoms with Crippen molar-refractivity contribution < 1.29 is 9.21 Å². The summed E-state index contributed by atoms with van der Waals surface area (Å²) in [5, 5.41) is 8.39. The first-order valence-corrected chi connectivity index (χ1v) is 7.72. The molecule has 3 aromatic rings. The average molecular weight is 311 g/mol. The Bertz CT molecular complexity index is 827. The molecule has 2 heterocycles. The number of rotatable bonds is 4. The second-order valence-corrected chi connectivity index (χ2v) is 5.93. The predicted molar refractivity (Wildman–Crippen MR) is 89.2 cm³/mol. The van der Waals surface area contributed by atoms with Crippen molar-refractivity contribution in [3.8, 4) is 0 Å². The molecular formula is C18H21N3O2. The predicted octanol–water partition coefficient (Wildman–Crippen LogP) is 3.20. The van der Waals surface area contributed by atoms with Gasteiger partial charge in [0.1, 0.15) is 11.3 Å². The first kappa shape index (κ1) is 15.3. The van der Waals surface area contributed by atoms with Gasteiger partial charge in [0.25, 0.3) is 0 Å². The van der Waals surface area contributed by atoms with E-state index in [-0.39, 0.29) is 11.9 Å². The zero-order valence-electron chi connectivity index (χ0n) is 13.9. The van der Waals surface area contributed by atoms with Crippen LogP contribution >= 0.6 is 0 Å². The van der Waals surface area contributed by atoms with E-state index in [0.29, 0.717) is 6.42 Å². The Labute approximate surface area is 135 Å². The van der Waals surface area contributed by atoms with Crippen LogP contribution < -0.4 is 5.32 Å². The van der Waals surface area contributed by atoms with Crippen molar-refractivity contribution in [2.75, 3.05) is 0 Å². The van der Waals surface area contributed by atoms with Crippen molar-refractivity contribution in [1.82, 2.24) is 15.1 Å². The molecule has 2 aromatic heterocycles. The smallest absolute Gasteiger partial charge is 0.225 e. The number of amides is 1. The summed E-state index contributed by atoms with van der Waals surface area (Å²) < 4.78 is 7.61. The molecule has 1 aromatic carbocycles. The molecule has 1 atom stereocenters. The zero-order chi connectivity index (χ0) is 16.6. The van der Waals surface area contributed by atoms with Crippen LogP contribution in [0.1, 0.15) is 35.7 Å². The highest BCUT2D eigenvalue weighted by molar-refractivity contribution is 5.80. The number of hydrogen-bond donors (Lipinski definition) is 1. The first-order chi connectivity index (χ1) is 11.0. The molecule has 23 heavy (non-hydrogen) atoms. The molecule has 0 bridgehead atoms. The molecule has 120 valence electrons. The zero-order valence-corrected chi connectivity index (χ0v) is 13.9. The molecule has 1 unspecified atom stereocenters. The molecule has 3 rings (SSSR count). The van der Waals surface area contributed by atoms with Gasteiger partial charge in [0, 0.05) is 23.7 Å². The molecule has 0 aliphatic heterocycles. The molecule has 0 fully saturated rings. The lowest BCUT2D eigenvalue weighted by molar-refractivity contribution is -0.121. The van der Waals surface area contributed by atoms with Crippen molar-refractivity contribution in [3.63, 3.8) is 0 Å². The highest BCUT2D eigenvalue weighted by atomic mass is 16.3. The van der Waals surface area contributed by atoms with Gasteiger partial charge in [0.15, 0.2) is 0 Å². The second-order valence-electron chi connectivity index (χ2n) is 5.93. The Morgan fingerprint density at radius 1 is 1.35 bits per heavy atom. The van der Waals surface area contributed by atoms with Crippen LogP contribution in [0.3, 0.4) is 0 Å². The summed E-state index contributed by atoms with van der Waals surface area (Å²) >= 11 is 0. The largest absolute Gasteiger partial charge is 0.459 e. The lowest BCUT2D eigenvalue weighted by atomic mass is 10.1. The van der Waals surface area contributed by atoms with Gasteiger partial charge in [-0.25, -0.2) is 0 Å². The van der Waals surface area contributed by atoms with Crippen LogP contribution in [0, 0.1) is 13.8 Å². The summed E-state index contributed by atoms with van der Waals surface area (Å²) in [5.74, 6) is 0.733. The number of furan rings is 1. The Hall–Kier alpha value is -2.56. The Morgan fingerprint density at radius 2 is 2.09 bits per heavy atom. The number of benzene rings is 1. The summed E-state index contributed by atoms with van der Waals surface area (Å²) in [4.78, 5) is 12.3. The van der Waals surface area contributed by atoms with Crippen molar-refractivity contribution in [2.24, 2.45) is 7.05 Å². The van der Waals surface area contributed by atoms with E-state index in [1.54, 1.807) is 4.68 Å². The third-order valence-corrected chi connectivity index (χ3v) is 4.25. The fourth-order valence-electron chi connectivity index (χ4n) is 2.81. The molecule has 5 heteroatoms. The summed E-state index contributed by atoms with van der Waals surface area (Å²) in [6, 6.07) is 9.63. The minimum Gasteiger partial charge on any atom is -0.459 e. The van der Waals surface area contributed by atoms with Crippen LogP contribution in [0.4, 0.5) is 0 Å². The van der Waals surface area contributed by atoms with Crippen molar-refractivity contribution in [2.45, 2.75) is 33.2 Å². The maximum atomic E-state index is 12.3. The first-order valence-electron chi connectivity index (χ1n) is 7.72. The van der Waals surface area contributed by atoms with E-state index in [1.807, 2.05) is 58.2 Å². The standard InChI is InChI=1S/C18H21N3O2/c1-11-15(13(3)21(4)20-11)10-18(22)19-12(2)17-9-14-7-5-6-8-16(14)23-17/h5-9,12H,10H2,1-4H3,(H,19,22). The van der Waals surface area contributed by atoms with E-state index in [9.17, 15) is 4.79 Å². The van der Waals surface area contributed by atoms with Gasteiger partial charge in [-0.1, -0.05) is 18.2 Å². The molecule has 0 radical (unpaired) electrons. The van der Waals surface area contributed by atoms with E-state index < -0.39 is 0 Å². The van der Waals surface area contributed by atoms with Crippen LogP contribution in [-0.2, 0) is 18.3 Å². The number of carbonyl (C=O) groups is 1. The number of aryl methyl sites for hydroxylation is 2. The lowest BCUT2D eigenvalue weighted by Gasteiger charge is -2.11. The normalized spacial score (nSPS) is 12.5. The molecule has 0 aliphatic rings. The molecule has 5 nitrogen and oxygen atoms in total. The van der Waals surface area contributed by atoms with Gasteiger partial charge in [-0.2, -0.15) is 5.10 Å². The maximum Gasteiger partial charge on any atom is 0.225 e. The van der Waals surface area contributed by atoms with E-state index in [2.05, 4.69) is 10.4 Å². The van der Waals surface area contributed by atoms with Gasteiger partial charge in [0.05, 0.1) is 18.2 Å². The number of nitrogens with zero attached hydrogens (tertiary/aromatic N) is 2. The number of fused-ring (bicyclic) bond motifs is 1. The Morgan fingerprint density at radius 3 is 2.74 bits per heavy atom. The van der Waals surface area contributed by atoms with Crippen molar-refractivity contribution >= 4 is 16.9 Å². The quantitative estimate of drug-likeness (QED) is 0.805. The van der Waals surface area contributed by atoms with Crippen LogP contribution in [0.5, 0.6) is 0 Å². The third kappa shape index (κ3) is 2.99. The van der Waals surface area contributed by atoms with Gasteiger partial charge in [0.2, 0.25) is 5.91 Å². The number of aromatic nitrogens is 2. The van der Waals surface area contributed by atoms with Gasteiger partial charge in [-0.15, -0.1) is 0 Å². The molecule has 0 saturated carbocycles. The van der Waals surface area contributed by atoms with Crippen LogP contribution in [0.15, 0.2) is 34.7 Å². The van der Waals surface area contributed by atoms with Crippen LogP contribution in [-0.4, -0.2) is 15.7 Å². The van der Waals surface area contributed by atoms with E-state index in [0.717, 1.165) is 33.7 Å². The topological polar surface area (TPSA) is 60.1 Å². The van der Waals surface area contributed by atoms with Gasteiger partial charge in [-0.3, -0.25) is 9.48 Å². The van der Waals surface area contributed by atoms with E-state index in [4.69, 9.17) is 4.42 Å². The summed E-state index contributed by atoms with van der Waals surface area (Å²) in [6.07, 6.45) is 0.329. The number of hydrogen-bond acceptors (Lipinski definition) is 3. The fourth-order valence-corrected chi connectivity index (χ4v) is 2.81. The minimum absolute atomic E-state index is 0.0304. The summed E-state index contributed by atoms with van der Waals surface area (Å²) in [6.45, 7) is 5.84. The third-order valence-electron chi connectivity index (χ3n) is 4.25. The van der Waals surface area contributed by atoms with E-state index >= 15 is 0 Å². The highest BCUT2D eigenvalue weighted by Gasteiger charge is 2.17. The van der Waals surface area contributed by atoms with Gasteiger partial charge in [-0.05, 0) is 32.9 Å². The number of nitrogens with one attached hydrogen (secondary N) is 1. The molecular weight excluding hydrogens is 290 g/mol. The van der Waals surface area contributed by atoms with Gasteiger partial charge >= 0.3 is 0 Å². The monoisotopic (exact) mass is 311 g/mol. The Kier molecular flexibility index (Phi) is 3.94. The van der Waals surface area contributed by atoms with Gasteiger partial charge < -0.3 is 9.73 Å². The molecule has 0 saturated heterocycles. The Balaban J connectivity index is 1.72. The fraction of sp³-hybridized carbons (Fsp3) is 0.333. The lowest BCUT2D eigenvalue weighted by Crippen LogP contribution is -2.28. The average Bonchev–Trinajstić information content (AvgIpc) is 3.04. The minimum atomic E-state index is -0.174. The molecule has 1 N–H and O–H groups in total. The van der Waals surface area contributed by atoms with Crippen molar-refractivity contribution in [1.29, 1.82) is 0 Å². The molecule has 0 aliphatic carbocycles. The second kappa shape index (κ2) is 5.91. The number of para-hydroxylation sites is 1. The SMILES string of the molecule is Cc1nn(C)c(C)c1CC(=O)NC(C)c1cc2ccccc2o1. The van der Waals surface area contributed by atoms with Crippen LogP contribution in [0.25, 0.3) is 11.0 Å². The maximum absolute atomic E-state index is 12.3.